The Bertz CT molecular complexity index is 664. The van der Waals surface area contributed by atoms with E-state index >= 15 is 0 Å². The van der Waals surface area contributed by atoms with E-state index in [1.807, 2.05) is 6.92 Å². The lowest BCUT2D eigenvalue weighted by Crippen LogP contribution is -2.17. The first-order valence-corrected chi connectivity index (χ1v) is 6.12. The van der Waals surface area contributed by atoms with Gasteiger partial charge in [0.2, 0.25) is 0 Å². The Morgan fingerprint density at radius 1 is 1.10 bits per heavy atom. The molecule has 1 amide bonds. The SMILES string of the molecule is Cc1ccc(C(=O)Nc2ccc(N)cc2C(F)(F)F)cc1. The van der Waals surface area contributed by atoms with Crippen molar-refractivity contribution in [1.29, 1.82) is 0 Å². The van der Waals surface area contributed by atoms with Crippen molar-refractivity contribution in [3.63, 3.8) is 0 Å². The van der Waals surface area contributed by atoms with E-state index in [9.17, 15) is 18.0 Å². The minimum Gasteiger partial charge on any atom is -0.399 e. The number of carbonyl (C=O) groups is 1. The van der Waals surface area contributed by atoms with Crippen LogP contribution in [0.2, 0.25) is 0 Å². The summed E-state index contributed by atoms with van der Waals surface area (Å²) in [6.07, 6.45) is -4.59. The molecule has 0 bridgehead atoms. The highest BCUT2D eigenvalue weighted by molar-refractivity contribution is 6.04. The van der Waals surface area contributed by atoms with Gasteiger partial charge in [0.05, 0.1) is 11.3 Å². The van der Waals surface area contributed by atoms with Gasteiger partial charge in [0.15, 0.2) is 0 Å². The Balaban J connectivity index is 2.31. The molecule has 0 aromatic heterocycles. The Morgan fingerprint density at radius 3 is 2.29 bits per heavy atom. The number of hydrogen-bond acceptors (Lipinski definition) is 2. The molecule has 0 spiro atoms. The zero-order chi connectivity index (χ0) is 15.6. The second-order valence-electron chi connectivity index (χ2n) is 4.62. The Labute approximate surface area is 119 Å². The van der Waals surface area contributed by atoms with E-state index in [4.69, 9.17) is 5.73 Å². The molecule has 3 N–H and O–H groups in total. The van der Waals surface area contributed by atoms with Crippen molar-refractivity contribution in [3.8, 4) is 0 Å². The van der Waals surface area contributed by atoms with Gasteiger partial charge >= 0.3 is 6.18 Å². The first-order chi connectivity index (χ1) is 9.77. The van der Waals surface area contributed by atoms with Gasteiger partial charge in [-0.1, -0.05) is 17.7 Å². The van der Waals surface area contributed by atoms with Crippen molar-refractivity contribution in [2.45, 2.75) is 13.1 Å². The number of halogens is 3. The van der Waals surface area contributed by atoms with Gasteiger partial charge in [0.1, 0.15) is 0 Å². The molecular weight excluding hydrogens is 281 g/mol. The van der Waals surface area contributed by atoms with Crippen LogP contribution >= 0.6 is 0 Å². The molecule has 110 valence electrons. The van der Waals surface area contributed by atoms with E-state index in [-0.39, 0.29) is 16.9 Å². The summed E-state index contributed by atoms with van der Waals surface area (Å²) in [6.45, 7) is 1.85. The Hall–Kier alpha value is -2.50. The second-order valence-corrected chi connectivity index (χ2v) is 4.62. The number of benzene rings is 2. The zero-order valence-corrected chi connectivity index (χ0v) is 11.2. The van der Waals surface area contributed by atoms with E-state index < -0.39 is 17.6 Å². The van der Waals surface area contributed by atoms with Crippen LogP contribution in [0.5, 0.6) is 0 Å². The topological polar surface area (TPSA) is 55.1 Å². The number of hydrogen-bond donors (Lipinski definition) is 2. The monoisotopic (exact) mass is 294 g/mol. The minimum absolute atomic E-state index is 0.0179. The molecule has 3 nitrogen and oxygen atoms in total. The highest BCUT2D eigenvalue weighted by Gasteiger charge is 2.34. The number of nitrogens with one attached hydrogen (secondary N) is 1. The molecule has 0 fully saturated rings. The number of aryl methyl sites for hydroxylation is 1. The molecule has 0 heterocycles. The fraction of sp³-hybridized carbons (Fsp3) is 0.133. The van der Waals surface area contributed by atoms with Crippen molar-refractivity contribution >= 4 is 17.3 Å². The molecule has 21 heavy (non-hydrogen) atoms. The van der Waals surface area contributed by atoms with Crippen LogP contribution in [0.25, 0.3) is 0 Å². The molecule has 2 aromatic rings. The second kappa shape index (κ2) is 5.47. The van der Waals surface area contributed by atoms with Crippen molar-refractivity contribution < 1.29 is 18.0 Å². The van der Waals surface area contributed by atoms with Crippen LogP contribution < -0.4 is 11.1 Å². The standard InChI is InChI=1S/C15H13F3N2O/c1-9-2-4-10(5-3-9)14(21)20-13-7-6-11(19)8-12(13)15(16,17)18/h2-8H,19H2,1H3,(H,20,21). The number of carbonyl (C=O) groups excluding carboxylic acids is 1. The third-order valence-corrected chi connectivity index (χ3v) is 2.91. The maximum Gasteiger partial charge on any atom is 0.418 e. The van der Waals surface area contributed by atoms with Gasteiger partial charge in [0, 0.05) is 11.3 Å². The lowest BCUT2D eigenvalue weighted by Gasteiger charge is -2.14. The van der Waals surface area contributed by atoms with Crippen LogP contribution in [0.15, 0.2) is 42.5 Å². The Kier molecular flexibility index (Phi) is 3.88. The van der Waals surface area contributed by atoms with Crippen LogP contribution in [-0.4, -0.2) is 5.91 Å². The molecule has 6 heteroatoms. The van der Waals surface area contributed by atoms with E-state index in [2.05, 4.69) is 5.32 Å². The van der Waals surface area contributed by atoms with E-state index in [1.165, 1.54) is 6.07 Å². The summed E-state index contributed by atoms with van der Waals surface area (Å²) in [5, 5.41) is 2.27. The number of nitrogens with two attached hydrogens (primary N) is 1. The number of amides is 1. The Morgan fingerprint density at radius 2 is 1.71 bits per heavy atom. The number of nitrogen functional groups attached to an aromatic ring is 1. The summed E-state index contributed by atoms with van der Waals surface area (Å²) in [5.41, 5.74) is 5.30. The average Bonchev–Trinajstić information content (AvgIpc) is 2.40. The summed E-state index contributed by atoms with van der Waals surface area (Å²) in [7, 11) is 0. The van der Waals surface area contributed by atoms with E-state index in [1.54, 1.807) is 24.3 Å². The summed E-state index contributed by atoms with van der Waals surface area (Å²) in [4.78, 5) is 12.0. The third kappa shape index (κ3) is 3.53. The molecule has 0 saturated heterocycles. The normalized spacial score (nSPS) is 11.2. The third-order valence-electron chi connectivity index (χ3n) is 2.91. The molecular formula is C15H13F3N2O. The van der Waals surface area contributed by atoms with E-state index in [0.717, 1.165) is 17.7 Å². The van der Waals surface area contributed by atoms with Gasteiger partial charge in [0.25, 0.3) is 5.91 Å². The minimum atomic E-state index is -4.59. The van der Waals surface area contributed by atoms with Crippen molar-refractivity contribution in [3.05, 3.63) is 59.2 Å². The molecule has 0 aliphatic carbocycles. The summed E-state index contributed by atoms with van der Waals surface area (Å²) in [5.74, 6) is -0.606. The molecule has 0 aliphatic rings. The highest BCUT2D eigenvalue weighted by atomic mass is 19.4. The van der Waals surface area contributed by atoms with Gasteiger partial charge in [-0.3, -0.25) is 4.79 Å². The van der Waals surface area contributed by atoms with Crippen LogP contribution in [0, 0.1) is 6.92 Å². The maximum atomic E-state index is 12.9. The van der Waals surface area contributed by atoms with E-state index in [0.29, 0.717) is 0 Å². The zero-order valence-electron chi connectivity index (χ0n) is 11.2. The molecule has 0 aliphatic heterocycles. The number of rotatable bonds is 2. The van der Waals surface area contributed by atoms with Gasteiger partial charge in [-0.15, -0.1) is 0 Å². The fourth-order valence-electron chi connectivity index (χ4n) is 1.80. The predicted octanol–water partition coefficient (Wildman–Crippen LogP) is 3.85. The number of anilines is 2. The molecule has 2 rings (SSSR count). The molecule has 0 radical (unpaired) electrons. The van der Waals surface area contributed by atoms with Crippen LogP contribution in [0.1, 0.15) is 21.5 Å². The van der Waals surface area contributed by atoms with Crippen LogP contribution in [0.3, 0.4) is 0 Å². The van der Waals surface area contributed by atoms with Crippen LogP contribution in [-0.2, 0) is 6.18 Å². The van der Waals surface area contributed by atoms with Gasteiger partial charge in [-0.05, 0) is 37.3 Å². The molecule has 2 aromatic carbocycles. The summed E-state index contributed by atoms with van der Waals surface area (Å²) in [6, 6.07) is 9.77. The predicted molar refractivity (Wildman–Crippen MR) is 75.0 cm³/mol. The largest absolute Gasteiger partial charge is 0.418 e. The van der Waals surface area contributed by atoms with Gasteiger partial charge < -0.3 is 11.1 Å². The average molecular weight is 294 g/mol. The molecule has 0 saturated carbocycles. The summed E-state index contributed by atoms with van der Waals surface area (Å²) >= 11 is 0. The van der Waals surface area contributed by atoms with Crippen molar-refractivity contribution in [2.24, 2.45) is 0 Å². The molecule has 0 atom stereocenters. The smallest absolute Gasteiger partial charge is 0.399 e. The number of alkyl halides is 3. The maximum absolute atomic E-state index is 12.9. The lowest BCUT2D eigenvalue weighted by molar-refractivity contribution is -0.136. The highest BCUT2D eigenvalue weighted by Crippen LogP contribution is 2.36. The lowest BCUT2D eigenvalue weighted by atomic mass is 10.1. The van der Waals surface area contributed by atoms with Gasteiger partial charge in [-0.25, -0.2) is 0 Å². The fourth-order valence-corrected chi connectivity index (χ4v) is 1.80. The molecule has 0 unspecified atom stereocenters. The van der Waals surface area contributed by atoms with Crippen molar-refractivity contribution in [2.75, 3.05) is 11.1 Å². The quantitative estimate of drug-likeness (QED) is 0.827. The first-order valence-electron chi connectivity index (χ1n) is 6.12. The van der Waals surface area contributed by atoms with Gasteiger partial charge in [-0.2, -0.15) is 13.2 Å². The summed E-state index contributed by atoms with van der Waals surface area (Å²) < 4.78 is 38.8. The first kappa shape index (κ1) is 14.9. The van der Waals surface area contributed by atoms with Crippen molar-refractivity contribution in [1.82, 2.24) is 0 Å². The van der Waals surface area contributed by atoms with Crippen LogP contribution in [0.4, 0.5) is 24.5 Å².